The van der Waals surface area contributed by atoms with Gasteiger partial charge < -0.3 is 28.7 Å². The fourth-order valence-electron chi connectivity index (χ4n) is 1.94. The van der Waals surface area contributed by atoms with Crippen LogP contribution in [0, 0.1) is 0 Å². The van der Waals surface area contributed by atoms with Gasteiger partial charge in [0.25, 0.3) is 0 Å². The fraction of sp³-hybridized carbons (Fsp3) is 0.600. The fourth-order valence-corrected chi connectivity index (χ4v) is 1.94. The van der Waals surface area contributed by atoms with E-state index in [0.29, 0.717) is 37.9 Å². The van der Waals surface area contributed by atoms with Gasteiger partial charge in [0.15, 0.2) is 11.5 Å². The molecule has 1 rings (SSSR count). The molecular formula is C15H26N2O5. The minimum absolute atomic E-state index is 0.495. The third kappa shape index (κ3) is 6.07. The highest BCUT2D eigenvalue weighted by Crippen LogP contribution is 2.30. The van der Waals surface area contributed by atoms with Crippen molar-refractivity contribution in [2.45, 2.75) is 0 Å². The third-order valence-electron chi connectivity index (χ3n) is 3.14. The first-order chi connectivity index (χ1) is 10.8. The van der Waals surface area contributed by atoms with E-state index < -0.39 is 0 Å². The van der Waals surface area contributed by atoms with E-state index in [1.165, 1.54) is 0 Å². The van der Waals surface area contributed by atoms with Crippen molar-refractivity contribution >= 4 is 5.69 Å². The summed E-state index contributed by atoms with van der Waals surface area (Å²) in [5.41, 5.74) is 0.991. The maximum atomic E-state index is 5.52. The summed E-state index contributed by atoms with van der Waals surface area (Å²) >= 11 is 0. The molecular weight excluding hydrogens is 288 g/mol. The van der Waals surface area contributed by atoms with Gasteiger partial charge in [0, 0.05) is 39.1 Å². The van der Waals surface area contributed by atoms with Crippen LogP contribution in [-0.4, -0.2) is 60.8 Å². The largest absolute Gasteiger partial charge is 0.493 e. The van der Waals surface area contributed by atoms with Crippen LogP contribution in [0.3, 0.4) is 0 Å². The van der Waals surface area contributed by atoms with Crippen molar-refractivity contribution in [2.75, 3.05) is 65.7 Å². The molecule has 0 aliphatic heterocycles. The number of anilines is 1. The lowest BCUT2D eigenvalue weighted by molar-refractivity contribution is 0.0736. The van der Waals surface area contributed by atoms with E-state index in [1.807, 2.05) is 12.1 Å². The SMILES string of the molecule is COCCOCCN(CCOC)c1ccc(ON)c(OC)c1. The molecule has 0 aliphatic carbocycles. The van der Waals surface area contributed by atoms with Crippen molar-refractivity contribution < 1.29 is 23.8 Å². The molecule has 0 aliphatic rings. The molecule has 7 heteroatoms. The van der Waals surface area contributed by atoms with Crippen LogP contribution in [0.1, 0.15) is 0 Å². The Kier molecular flexibility index (Phi) is 9.33. The van der Waals surface area contributed by atoms with Gasteiger partial charge >= 0.3 is 0 Å². The van der Waals surface area contributed by atoms with Gasteiger partial charge in [0.1, 0.15) is 0 Å². The average molecular weight is 314 g/mol. The summed E-state index contributed by atoms with van der Waals surface area (Å²) in [4.78, 5) is 6.92. The number of nitrogens with two attached hydrogens (primary N) is 1. The molecule has 0 amide bonds. The van der Waals surface area contributed by atoms with Gasteiger partial charge in [0.05, 0.1) is 33.5 Å². The second kappa shape index (κ2) is 11.1. The van der Waals surface area contributed by atoms with Crippen LogP contribution in [0.4, 0.5) is 5.69 Å². The Balaban J connectivity index is 2.69. The number of hydrogen-bond donors (Lipinski definition) is 1. The molecule has 1 aromatic rings. The molecule has 1 aromatic carbocycles. The average Bonchev–Trinajstić information content (AvgIpc) is 2.56. The topological polar surface area (TPSA) is 75.4 Å². The number of ether oxygens (including phenoxy) is 4. The zero-order valence-electron chi connectivity index (χ0n) is 13.5. The number of hydrogen-bond acceptors (Lipinski definition) is 7. The van der Waals surface area contributed by atoms with Crippen molar-refractivity contribution in [1.29, 1.82) is 0 Å². The monoisotopic (exact) mass is 314 g/mol. The van der Waals surface area contributed by atoms with Gasteiger partial charge in [-0.25, -0.2) is 0 Å². The number of nitrogens with zero attached hydrogens (tertiary/aromatic N) is 1. The molecule has 0 spiro atoms. The Morgan fingerprint density at radius 2 is 1.64 bits per heavy atom. The number of methoxy groups -OCH3 is 3. The van der Waals surface area contributed by atoms with Crippen molar-refractivity contribution in [3.05, 3.63) is 18.2 Å². The van der Waals surface area contributed by atoms with Crippen LogP contribution < -0.4 is 20.4 Å². The van der Waals surface area contributed by atoms with Gasteiger partial charge in [-0.05, 0) is 12.1 Å². The predicted octanol–water partition coefficient (Wildman–Crippen LogP) is 1.06. The lowest BCUT2D eigenvalue weighted by Gasteiger charge is -2.25. The summed E-state index contributed by atoms with van der Waals surface area (Å²) < 4.78 is 20.9. The summed E-state index contributed by atoms with van der Waals surface area (Å²) in [5.74, 6) is 6.29. The Hall–Kier alpha value is -1.54. The Bertz CT molecular complexity index is 417. The first kappa shape index (κ1) is 18.5. The van der Waals surface area contributed by atoms with Crippen LogP contribution in [0.5, 0.6) is 11.5 Å². The molecule has 7 nitrogen and oxygen atoms in total. The van der Waals surface area contributed by atoms with Crippen LogP contribution >= 0.6 is 0 Å². The summed E-state index contributed by atoms with van der Waals surface area (Å²) in [6, 6.07) is 5.59. The Morgan fingerprint density at radius 3 is 2.27 bits per heavy atom. The van der Waals surface area contributed by atoms with E-state index in [-0.39, 0.29) is 0 Å². The molecule has 0 radical (unpaired) electrons. The van der Waals surface area contributed by atoms with Crippen molar-refractivity contribution in [3.8, 4) is 11.5 Å². The van der Waals surface area contributed by atoms with Gasteiger partial charge in [-0.15, -0.1) is 0 Å². The van der Waals surface area contributed by atoms with Crippen LogP contribution in [-0.2, 0) is 14.2 Å². The maximum absolute atomic E-state index is 5.52. The molecule has 0 fully saturated rings. The molecule has 2 N–H and O–H groups in total. The van der Waals surface area contributed by atoms with Crippen molar-refractivity contribution in [3.63, 3.8) is 0 Å². The molecule has 0 saturated heterocycles. The van der Waals surface area contributed by atoms with E-state index in [0.717, 1.165) is 18.8 Å². The van der Waals surface area contributed by atoms with Gasteiger partial charge in [0.2, 0.25) is 0 Å². The lowest BCUT2D eigenvalue weighted by atomic mass is 10.2. The predicted molar refractivity (Wildman–Crippen MR) is 84.6 cm³/mol. The van der Waals surface area contributed by atoms with Crippen molar-refractivity contribution in [2.24, 2.45) is 5.90 Å². The van der Waals surface area contributed by atoms with E-state index in [2.05, 4.69) is 4.90 Å². The van der Waals surface area contributed by atoms with E-state index >= 15 is 0 Å². The molecule has 0 saturated carbocycles. The zero-order valence-corrected chi connectivity index (χ0v) is 13.5. The smallest absolute Gasteiger partial charge is 0.188 e. The highest BCUT2D eigenvalue weighted by Gasteiger charge is 2.11. The van der Waals surface area contributed by atoms with Crippen LogP contribution in [0.2, 0.25) is 0 Å². The molecule has 0 unspecified atom stereocenters. The molecule has 126 valence electrons. The maximum Gasteiger partial charge on any atom is 0.188 e. The van der Waals surface area contributed by atoms with Gasteiger partial charge in [-0.2, -0.15) is 5.90 Å². The summed E-state index contributed by atoms with van der Waals surface area (Å²) in [6.45, 7) is 3.88. The zero-order chi connectivity index (χ0) is 16.2. The lowest BCUT2D eigenvalue weighted by Crippen LogP contribution is -2.31. The Morgan fingerprint density at radius 1 is 0.909 bits per heavy atom. The number of benzene rings is 1. The first-order valence-corrected chi connectivity index (χ1v) is 7.12. The second-order valence-corrected chi connectivity index (χ2v) is 4.54. The van der Waals surface area contributed by atoms with E-state index in [1.54, 1.807) is 27.4 Å². The first-order valence-electron chi connectivity index (χ1n) is 7.12. The standard InChI is InChI=1S/C15H26N2O5/c1-18-8-6-17(7-9-21-11-10-19-2)13-4-5-14(22-16)15(12-13)20-3/h4-5,12H,6-11,16H2,1-3H3. The van der Waals surface area contributed by atoms with E-state index in [4.69, 9.17) is 29.7 Å². The minimum atomic E-state index is 0.495. The number of rotatable bonds is 12. The van der Waals surface area contributed by atoms with Gasteiger partial charge in [-0.1, -0.05) is 0 Å². The highest BCUT2D eigenvalue weighted by molar-refractivity contribution is 5.56. The second-order valence-electron chi connectivity index (χ2n) is 4.54. The molecule has 0 bridgehead atoms. The third-order valence-corrected chi connectivity index (χ3v) is 3.14. The minimum Gasteiger partial charge on any atom is -0.493 e. The van der Waals surface area contributed by atoms with Crippen LogP contribution in [0.25, 0.3) is 0 Å². The molecule has 22 heavy (non-hydrogen) atoms. The summed E-state index contributed by atoms with van der Waals surface area (Å²) in [7, 11) is 4.91. The molecule has 0 aromatic heterocycles. The highest BCUT2D eigenvalue weighted by atomic mass is 16.6. The summed E-state index contributed by atoms with van der Waals surface area (Å²) in [5, 5.41) is 0. The normalized spacial score (nSPS) is 10.5. The van der Waals surface area contributed by atoms with Crippen LogP contribution in [0.15, 0.2) is 18.2 Å². The quantitative estimate of drug-likeness (QED) is 0.457. The van der Waals surface area contributed by atoms with Gasteiger partial charge in [-0.3, -0.25) is 0 Å². The Labute approximate surface area is 131 Å². The summed E-state index contributed by atoms with van der Waals surface area (Å²) in [6.07, 6.45) is 0. The molecule has 0 atom stereocenters. The molecule has 0 heterocycles. The van der Waals surface area contributed by atoms with E-state index in [9.17, 15) is 0 Å². The van der Waals surface area contributed by atoms with Crippen molar-refractivity contribution in [1.82, 2.24) is 0 Å².